The third-order valence-electron chi connectivity index (χ3n) is 5.24. The highest BCUT2D eigenvalue weighted by atomic mass is 16.5. The minimum absolute atomic E-state index is 0.0195. The fraction of sp³-hybridized carbons (Fsp3) is 0.917. The number of hydrogen-bond acceptors (Lipinski definition) is 3. The maximum absolute atomic E-state index is 11.3. The molecule has 0 heterocycles. The van der Waals surface area contributed by atoms with E-state index in [9.17, 15) is 9.59 Å². The van der Waals surface area contributed by atoms with Crippen LogP contribution in [-0.4, -0.2) is 25.0 Å². The van der Waals surface area contributed by atoms with Crippen molar-refractivity contribution in [2.24, 2.45) is 0 Å². The molecule has 0 aromatic heterocycles. The van der Waals surface area contributed by atoms with Gasteiger partial charge in [0.15, 0.2) is 0 Å². The lowest BCUT2D eigenvalue weighted by Gasteiger charge is -2.05. The Bertz CT molecular complexity index is 358. The lowest BCUT2D eigenvalue weighted by Crippen LogP contribution is -2.28. The molecule has 4 heteroatoms. The Morgan fingerprint density at radius 1 is 0.607 bits per heavy atom. The molecule has 0 aromatic carbocycles. The summed E-state index contributed by atoms with van der Waals surface area (Å²) in [6.07, 6.45) is 24.3. The molecule has 0 aliphatic carbocycles. The van der Waals surface area contributed by atoms with Crippen LogP contribution in [0.1, 0.15) is 129 Å². The van der Waals surface area contributed by atoms with Crippen LogP contribution in [0.25, 0.3) is 0 Å². The number of nitrogens with one attached hydrogen (secondary N) is 1. The first-order valence-electron chi connectivity index (χ1n) is 12.1. The molecule has 1 N–H and O–H groups in total. The molecule has 0 radical (unpaired) electrons. The summed E-state index contributed by atoms with van der Waals surface area (Å²) < 4.78 is 5.07. The van der Waals surface area contributed by atoms with Crippen LogP contribution in [0.5, 0.6) is 0 Å². The summed E-state index contributed by atoms with van der Waals surface area (Å²) in [6, 6.07) is 0. The Morgan fingerprint density at radius 2 is 0.964 bits per heavy atom. The Balaban J connectivity index is 3.08. The van der Waals surface area contributed by atoms with E-state index in [1.807, 2.05) is 0 Å². The van der Waals surface area contributed by atoms with Crippen molar-refractivity contribution in [3.8, 4) is 0 Å². The summed E-state index contributed by atoms with van der Waals surface area (Å²) in [5, 5.41) is 2.44. The number of hydrogen-bond donors (Lipinski definition) is 1. The number of rotatable bonds is 21. The van der Waals surface area contributed by atoms with Crippen molar-refractivity contribution in [2.75, 3.05) is 13.2 Å². The molecule has 0 aromatic rings. The molecule has 0 rings (SSSR count). The molecule has 0 saturated heterocycles. The predicted molar refractivity (Wildman–Crippen MR) is 118 cm³/mol. The first-order chi connectivity index (χ1) is 13.7. The lowest BCUT2D eigenvalue weighted by molar-refractivity contribution is -0.143. The van der Waals surface area contributed by atoms with E-state index in [0.29, 0.717) is 6.61 Å². The van der Waals surface area contributed by atoms with Crippen LogP contribution in [0.3, 0.4) is 0 Å². The average Bonchev–Trinajstić information content (AvgIpc) is 2.68. The van der Waals surface area contributed by atoms with E-state index in [-0.39, 0.29) is 18.4 Å². The predicted octanol–water partition coefficient (Wildman–Crippen LogP) is 6.71. The van der Waals surface area contributed by atoms with Gasteiger partial charge < -0.3 is 10.1 Å². The van der Waals surface area contributed by atoms with Gasteiger partial charge in [0.1, 0.15) is 6.54 Å². The number of ether oxygens (including phenoxy) is 1. The van der Waals surface area contributed by atoms with Gasteiger partial charge in [0.05, 0.1) is 6.61 Å². The smallest absolute Gasteiger partial charge is 0.325 e. The molecule has 0 unspecified atom stereocenters. The van der Waals surface area contributed by atoms with Crippen molar-refractivity contribution in [3.05, 3.63) is 0 Å². The molecule has 1 amide bonds. The summed E-state index contributed by atoms with van der Waals surface area (Å²) in [5.41, 5.74) is 0. The van der Waals surface area contributed by atoms with Gasteiger partial charge in [-0.1, -0.05) is 116 Å². The van der Waals surface area contributed by atoms with E-state index in [1.165, 1.54) is 110 Å². The zero-order chi connectivity index (χ0) is 20.7. The summed E-state index contributed by atoms with van der Waals surface area (Å²) in [5.74, 6) is -0.549. The molecule has 0 bridgehead atoms. The highest BCUT2D eigenvalue weighted by molar-refractivity contribution is 5.80. The second kappa shape index (κ2) is 22.2. The zero-order valence-corrected chi connectivity index (χ0v) is 18.9. The van der Waals surface area contributed by atoms with Gasteiger partial charge >= 0.3 is 5.97 Å². The van der Waals surface area contributed by atoms with Crippen molar-refractivity contribution in [3.63, 3.8) is 0 Å². The molecule has 0 aliphatic rings. The summed E-state index contributed by atoms with van der Waals surface area (Å²) in [7, 11) is 0. The molecule has 0 aliphatic heterocycles. The third kappa shape index (κ3) is 23.0. The molecule has 0 atom stereocenters. The highest BCUT2D eigenvalue weighted by Crippen LogP contribution is 2.14. The van der Waals surface area contributed by atoms with Crippen LogP contribution < -0.4 is 5.32 Å². The molecule has 0 fully saturated rings. The SMILES string of the molecule is CCCCCCCCCCCCCCCCCCCCOC(=O)CNC(C)=O. The van der Waals surface area contributed by atoms with Crippen LogP contribution in [-0.2, 0) is 14.3 Å². The molecule has 0 saturated carbocycles. The number of esters is 1. The summed E-state index contributed by atoms with van der Waals surface area (Å²) in [6.45, 7) is 4.12. The number of unbranched alkanes of at least 4 members (excludes halogenated alkanes) is 17. The fourth-order valence-corrected chi connectivity index (χ4v) is 3.44. The molecular weight excluding hydrogens is 350 g/mol. The third-order valence-corrected chi connectivity index (χ3v) is 5.24. The van der Waals surface area contributed by atoms with Gasteiger partial charge in [-0.15, -0.1) is 0 Å². The molecule has 166 valence electrons. The molecule has 0 spiro atoms. The maximum atomic E-state index is 11.3. The van der Waals surface area contributed by atoms with Crippen molar-refractivity contribution >= 4 is 11.9 Å². The normalized spacial score (nSPS) is 10.8. The standard InChI is InChI=1S/C24H47NO3/c1-3-4-5-6-7-8-9-10-11-12-13-14-15-16-17-18-19-20-21-28-24(27)22-25-23(2)26/h3-22H2,1-2H3,(H,25,26). The first kappa shape index (κ1) is 26.9. The van der Waals surface area contributed by atoms with Gasteiger partial charge in [-0.05, 0) is 6.42 Å². The number of amides is 1. The van der Waals surface area contributed by atoms with Crippen molar-refractivity contribution in [1.29, 1.82) is 0 Å². The molecule has 28 heavy (non-hydrogen) atoms. The van der Waals surface area contributed by atoms with E-state index in [4.69, 9.17) is 4.74 Å². The first-order valence-corrected chi connectivity index (χ1v) is 12.1. The monoisotopic (exact) mass is 397 g/mol. The Labute approximate surface area is 174 Å². The topological polar surface area (TPSA) is 55.4 Å². The van der Waals surface area contributed by atoms with Crippen LogP contribution in [0.2, 0.25) is 0 Å². The quantitative estimate of drug-likeness (QED) is 0.173. The summed E-state index contributed by atoms with van der Waals surface area (Å²) >= 11 is 0. The highest BCUT2D eigenvalue weighted by Gasteiger charge is 2.02. The second-order valence-electron chi connectivity index (χ2n) is 8.14. The van der Waals surface area contributed by atoms with Crippen LogP contribution in [0.15, 0.2) is 0 Å². The van der Waals surface area contributed by atoms with Crippen molar-refractivity contribution in [1.82, 2.24) is 5.32 Å². The van der Waals surface area contributed by atoms with Gasteiger partial charge in [0.2, 0.25) is 5.91 Å². The van der Waals surface area contributed by atoms with E-state index >= 15 is 0 Å². The van der Waals surface area contributed by atoms with Crippen molar-refractivity contribution < 1.29 is 14.3 Å². The average molecular weight is 398 g/mol. The molecule has 4 nitrogen and oxygen atoms in total. The fourth-order valence-electron chi connectivity index (χ4n) is 3.44. The second-order valence-corrected chi connectivity index (χ2v) is 8.14. The van der Waals surface area contributed by atoms with Crippen LogP contribution in [0.4, 0.5) is 0 Å². The number of carbonyl (C=O) groups is 2. The largest absolute Gasteiger partial charge is 0.464 e. The van der Waals surface area contributed by atoms with Gasteiger partial charge in [-0.25, -0.2) is 0 Å². The zero-order valence-electron chi connectivity index (χ0n) is 18.9. The van der Waals surface area contributed by atoms with Gasteiger partial charge in [0.25, 0.3) is 0 Å². The Kier molecular flexibility index (Phi) is 21.4. The minimum Gasteiger partial charge on any atom is -0.464 e. The van der Waals surface area contributed by atoms with Crippen LogP contribution >= 0.6 is 0 Å². The summed E-state index contributed by atoms with van der Waals surface area (Å²) in [4.78, 5) is 22.0. The van der Waals surface area contributed by atoms with Crippen LogP contribution in [0, 0.1) is 0 Å². The van der Waals surface area contributed by atoms with E-state index in [1.54, 1.807) is 0 Å². The van der Waals surface area contributed by atoms with E-state index in [0.717, 1.165) is 12.8 Å². The lowest BCUT2D eigenvalue weighted by atomic mass is 10.0. The van der Waals surface area contributed by atoms with Crippen molar-refractivity contribution in [2.45, 2.75) is 129 Å². The number of carbonyl (C=O) groups excluding carboxylic acids is 2. The molecular formula is C24H47NO3. The van der Waals surface area contributed by atoms with E-state index in [2.05, 4.69) is 12.2 Å². The van der Waals surface area contributed by atoms with Gasteiger partial charge in [0, 0.05) is 6.92 Å². The maximum Gasteiger partial charge on any atom is 0.325 e. The van der Waals surface area contributed by atoms with Gasteiger partial charge in [-0.2, -0.15) is 0 Å². The van der Waals surface area contributed by atoms with Gasteiger partial charge in [-0.3, -0.25) is 9.59 Å². The Morgan fingerprint density at radius 3 is 1.32 bits per heavy atom. The minimum atomic E-state index is -0.345. The van der Waals surface area contributed by atoms with E-state index < -0.39 is 0 Å². The Hall–Kier alpha value is -1.06.